The molecule has 28 heavy (non-hydrogen) atoms. The molecule has 2 atom stereocenters. The Labute approximate surface area is 161 Å². The van der Waals surface area contributed by atoms with Gasteiger partial charge in [-0.2, -0.15) is 0 Å². The van der Waals surface area contributed by atoms with E-state index in [9.17, 15) is 23.5 Å². The molecule has 4 N–H and O–H groups in total. The highest BCUT2D eigenvalue weighted by atomic mass is 19.3. The lowest BCUT2D eigenvalue weighted by molar-refractivity contribution is -0.154. The summed E-state index contributed by atoms with van der Waals surface area (Å²) in [6.07, 6.45) is -3.08. The monoisotopic (exact) mass is 392 g/mol. The first-order valence-corrected chi connectivity index (χ1v) is 8.64. The molecule has 2 aromatic carbocycles. The third-order valence-electron chi connectivity index (χ3n) is 4.41. The number of amides is 2. The summed E-state index contributed by atoms with van der Waals surface area (Å²) in [5.41, 5.74) is 1.26. The lowest BCUT2D eigenvalue weighted by Gasteiger charge is -2.30. The number of aliphatic hydroxyl groups is 1. The molecule has 2 rings (SSSR count). The van der Waals surface area contributed by atoms with Crippen molar-refractivity contribution in [1.29, 1.82) is 0 Å². The van der Waals surface area contributed by atoms with Gasteiger partial charge in [0.1, 0.15) is 6.04 Å². The summed E-state index contributed by atoms with van der Waals surface area (Å²) in [7, 11) is 0. The molecule has 0 radical (unpaired) electrons. The van der Waals surface area contributed by atoms with Crippen LogP contribution < -0.4 is 10.8 Å². The second-order valence-electron chi connectivity index (χ2n) is 6.57. The fraction of sp³-hybridized carbons (Fsp3) is 0.300. The average molecular weight is 392 g/mol. The molecule has 0 bridgehead atoms. The smallest absolute Gasteiger partial charge is 0.269 e. The molecule has 0 aliphatic heterocycles. The minimum absolute atomic E-state index is 0.0841. The van der Waals surface area contributed by atoms with Crippen LogP contribution in [-0.4, -0.2) is 40.2 Å². The van der Waals surface area contributed by atoms with Crippen molar-refractivity contribution in [3.05, 3.63) is 60.2 Å². The molecule has 0 saturated heterocycles. The Bertz CT molecular complexity index is 796. The number of alkyl halides is 2. The van der Waals surface area contributed by atoms with E-state index >= 15 is 0 Å². The van der Waals surface area contributed by atoms with Crippen LogP contribution in [0.25, 0.3) is 11.1 Å². The highest BCUT2D eigenvalue weighted by Crippen LogP contribution is 2.21. The molecule has 2 aromatic rings. The van der Waals surface area contributed by atoms with Crippen LogP contribution in [0, 0.1) is 0 Å². The van der Waals surface area contributed by atoms with E-state index < -0.39 is 29.9 Å². The third kappa shape index (κ3) is 5.34. The Kier molecular flexibility index (Phi) is 7.19. The van der Waals surface area contributed by atoms with Gasteiger partial charge in [-0.05, 0) is 30.0 Å². The SMILES string of the molecule is C[C@@](O)(C(F)F)C(NC(=O)CCc1ccc(-c2ccccc2)cc1)C(=O)NO. The van der Waals surface area contributed by atoms with Crippen molar-refractivity contribution in [2.75, 3.05) is 0 Å². The van der Waals surface area contributed by atoms with Gasteiger partial charge < -0.3 is 10.4 Å². The minimum Gasteiger partial charge on any atom is -0.381 e. The molecule has 6 nitrogen and oxygen atoms in total. The summed E-state index contributed by atoms with van der Waals surface area (Å²) in [6.45, 7) is 0.708. The zero-order chi connectivity index (χ0) is 20.7. The van der Waals surface area contributed by atoms with Crippen LogP contribution in [0.2, 0.25) is 0 Å². The van der Waals surface area contributed by atoms with E-state index in [2.05, 4.69) is 5.32 Å². The summed E-state index contributed by atoms with van der Waals surface area (Å²) >= 11 is 0. The molecule has 150 valence electrons. The first-order chi connectivity index (χ1) is 13.3. The average Bonchev–Trinajstić information content (AvgIpc) is 2.70. The Morgan fingerprint density at radius 3 is 2.14 bits per heavy atom. The predicted molar refractivity (Wildman–Crippen MR) is 98.7 cm³/mol. The van der Waals surface area contributed by atoms with Crippen molar-refractivity contribution >= 4 is 11.8 Å². The van der Waals surface area contributed by atoms with Gasteiger partial charge in [0.05, 0.1) is 0 Å². The number of carbonyl (C=O) groups is 2. The Morgan fingerprint density at radius 2 is 1.61 bits per heavy atom. The van der Waals surface area contributed by atoms with E-state index in [1.807, 2.05) is 54.6 Å². The number of rotatable bonds is 8. The van der Waals surface area contributed by atoms with Crippen molar-refractivity contribution in [3.63, 3.8) is 0 Å². The van der Waals surface area contributed by atoms with Gasteiger partial charge in [-0.3, -0.25) is 14.8 Å². The van der Waals surface area contributed by atoms with E-state index in [0.717, 1.165) is 16.7 Å². The Balaban J connectivity index is 1.98. The van der Waals surface area contributed by atoms with Crippen molar-refractivity contribution < 1.29 is 28.7 Å². The molecular formula is C20H22F2N2O4. The number of hydrogen-bond donors (Lipinski definition) is 4. The van der Waals surface area contributed by atoms with E-state index in [4.69, 9.17) is 5.21 Å². The molecule has 0 aliphatic carbocycles. The normalized spacial score (nSPS) is 14.2. The van der Waals surface area contributed by atoms with Gasteiger partial charge in [0.25, 0.3) is 12.3 Å². The van der Waals surface area contributed by atoms with Crippen LogP contribution >= 0.6 is 0 Å². The van der Waals surface area contributed by atoms with Crippen LogP contribution in [0.15, 0.2) is 54.6 Å². The number of nitrogens with one attached hydrogen (secondary N) is 2. The van der Waals surface area contributed by atoms with Crippen molar-refractivity contribution in [2.24, 2.45) is 0 Å². The van der Waals surface area contributed by atoms with Crippen molar-refractivity contribution in [2.45, 2.75) is 37.8 Å². The number of aryl methyl sites for hydroxylation is 1. The van der Waals surface area contributed by atoms with Gasteiger partial charge in [-0.25, -0.2) is 14.3 Å². The lowest BCUT2D eigenvalue weighted by atomic mass is 9.95. The molecule has 0 saturated carbocycles. The highest BCUT2D eigenvalue weighted by Gasteiger charge is 2.46. The summed E-state index contributed by atoms with van der Waals surface area (Å²) in [5.74, 6) is -2.03. The zero-order valence-corrected chi connectivity index (χ0v) is 15.2. The second kappa shape index (κ2) is 9.38. The number of halogens is 2. The third-order valence-corrected chi connectivity index (χ3v) is 4.41. The molecule has 0 aromatic heterocycles. The van der Waals surface area contributed by atoms with Crippen LogP contribution in [0.5, 0.6) is 0 Å². The first kappa shape index (κ1) is 21.5. The standard InChI is InChI=1S/C20H22F2N2O4/c1-20(27,19(21)22)17(18(26)24-28)23-16(25)12-9-13-7-10-15(11-8-13)14-5-3-2-4-6-14/h2-8,10-11,17,19,27-28H,9,12H2,1H3,(H,23,25)(H,24,26)/t17?,20-/m0/s1. The van der Waals surface area contributed by atoms with Gasteiger partial charge in [-0.15, -0.1) is 0 Å². The Morgan fingerprint density at radius 1 is 1.04 bits per heavy atom. The van der Waals surface area contributed by atoms with Gasteiger partial charge in [0.15, 0.2) is 5.60 Å². The van der Waals surface area contributed by atoms with Gasteiger partial charge in [-0.1, -0.05) is 54.6 Å². The molecule has 0 heterocycles. The zero-order valence-electron chi connectivity index (χ0n) is 15.2. The molecular weight excluding hydrogens is 370 g/mol. The van der Waals surface area contributed by atoms with Crippen LogP contribution in [0.3, 0.4) is 0 Å². The van der Waals surface area contributed by atoms with Crippen molar-refractivity contribution in [3.8, 4) is 11.1 Å². The van der Waals surface area contributed by atoms with E-state index in [0.29, 0.717) is 13.3 Å². The summed E-state index contributed by atoms with van der Waals surface area (Å²) < 4.78 is 26.0. The van der Waals surface area contributed by atoms with Crippen LogP contribution in [0.1, 0.15) is 18.9 Å². The summed E-state index contributed by atoms with van der Waals surface area (Å²) in [6, 6.07) is 15.3. The van der Waals surface area contributed by atoms with Crippen LogP contribution in [0.4, 0.5) is 8.78 Å². The van der Waals surface area contributed by atoms with Crippen LogP contribution in [-0.2, 0) is 16.0 Å². The molecule has 2 amide bonds. The van der Waals surface area contributed by atoms with Gasteiger partial charge >= 0.3 is 0 Å². The molecule has 0 aliphatic rings. The quantitative estimate of drug-likeness (QED) is 0.409. The predicted octanol–water partition coefficient (Wildman–Crippen LogP) is 2.29. The van der Waals surface area contributed by atoms with Gasteiger partial charge in [0.2, 0.25) is 5.91 Å². The first-order valence-electron chi connectivity index (χ1n) is 8.64. The van der Waals surface area contributed by atoms with E-state index in [1.54, 1.807) is 0 Å². The maximum absolute atomic E-state index is 13.0. The second-order valence-corrected chi connectivity index (χ2v) is 6.57. The Hall–Kier alpha value is -2.84. The maximum atomic E-state index is 13.0. The topological polar surface area (TPSA) is 98.7 Å². The molecule has 1 unspecified atom stereocenters. The number of carbonyl (C=O) groups excluding carboxylic acids is 2. The van der Waals surface area contributed by atoms with E-state index in [-0.39, 0.29) is 6.42 Å². The summed E-state index contributed by atoms with van der Waals surface area (Å²) in [4.78, 5) is 23.7. The maximum Gasteiger partial charge on any atom is 0.269 e. The number of hydrogen-bond acceptors (Lipinski definition) is 4. The molecule has 8 heteroatoms. The number of benzene rings is 2. The summed E-state index contributed by atoms with van der Waals surface area (Å²) in [5, 5.41) is 20.5. The molecule has 0 spiro atoms. The molecule has 0 fully saturated rings. The minimum atomic E-state index is -3.30. The highest BCUT2D eigenvalue weighted by molar-refractivity contribution is 5.88. The number of hydroxylamine groups is 1. The van der Waals surface area contributed by atoms with Gasteiger partial charge in [0, 0.05) is 6.42 Å². The lowest BCUT2D eigenvalue weighted by Crippen LogP contribution is -2.61. The van der Waals surface area contributed by atoms with Crippen molar-refractivity contribution in [1.82, 2.24) is 10.8 Å². The fourth-order valence-electron chi connectivity index (χ4n) is 2.65. The van der Waals surface area contributed by atoms with E-state index in [1.165, 1.54) is 5.48 Å². The fourth-order valence-corrected chi connectivity index (χ4v) is 2.65. The largest absolute Gasteiger partial charge is 0.381 e.